The summed E-state index contributed by atoms with van der Waals surface area (Å²) >= 11 is 2.17. The largest absolute Gasteiger partial charge is 0.496 e. The molecule has 0 amide bonds. The minimum Gasteiger partial charge on any atom is -0.496 e. The second-order valence-corrected chi connectivity index (χ2v) is 6.72. The summed E-state index contributed by atoms with van der Waals surface area (Å²) in [5.41, 5.74) is 0.903. The molecule has 0 heterocycles. The molecular weight excluding hydrogens is 411 g/mol. The number of carbonyl (C=O) groups excluding carboxylic acids is 2. The highest BCUT2D eigenvalue weighted by molar-refractivity contribution is 14.1. The SMILES string of the molecule is COc1ccc(COC(=O)CCCC(=O)OCC(C)C)cc1I. The molecule has 0 bridgehead atoms. The Bertz CT molecular complexity index is 528. The van der Waals surface area contributed by atoms with Crippen molar-refractivity contribution in [3.63, 3.8) is 0 Å². The van der Waals surface area contributed by atoms with Crippen LogP contribution < -0.4 is 4.74 Å². The molecule has 23 heavy (non-hydrogen) atoms. The topological polar surface area (TPSA) is 61.8 Å². The summed E-state index contributed by atoms with van der Waals surface area (Å²) in [6, 6.07) is 5.61. The van der Waals surface area contributed by atoms with E-state index in [-0.39, 0.29) is 31.4 Å². The van der Waals surface area contributed by atoms with Gasteiger partial charge >= 0.3 is 11.9 Å². The average Bonchev–Trinajstić information content (AvgIpc) is 2.51. The zero-order chi connectivity index (χ0) is 17.2. The van der Waals surface area contributed by atoms with Crippen LogP contribution in [0.3, 0.4) is 0 Å². The lowest BCUT2D eigenvalue weighted by Gasteiger charge is -2.08. The van der Waals surface area contributed by atoms with E-state index in [1.165, 1.54) is 0 Å². The number of hydrogen-bond donors (Lipinski definition) is 0. The Morgan fingerprint density at radius 3 is 2.35 bits per heavy atom. The molecule has 0 aliphatic carbocycles. The number of methoxy groups -OCH3 is 1. The lowest BCUT2D eigenvalue weighted by molar-refractivity contribution is -0.146. The van der Waals surface area contributed by atoms with Crippen molar-refractivity contribution in [2.45, 2.75) is 39.7 Å². The second-order valence-electron chi connectivity index (χ2n) is 5.56. The van der Waals surface area contributed by atoms with Crippen LogP contribution in [0.4, 0.5) is 0 Å². The molecule has 0 aromatic heterocycles. The summed E-state index contributed by atoms with van der Waals surface area (Å²) in [5.74, 6) is 0.528. The van der Waals surface area contributed by atoms with Gasteiger partial charge in [0.15, 0.2) is 0 Å². The lowest BCUT2D eigenvalue weighted by atomic mass is 10.2. The molecule has 1 rings (SSSR count). The zero-order valence-corrected chi connectivity index (χ0v) is 15.9. The van der Waals surface area contributed by atoms with Gasteiger partial charge in [-0.05, 0) is 52.6 Å². The maximum Gasteiger partial charge on any atom is 0.306 e. The summed E-state index contributed by atoms with van der Waals surface area (Å²) in [4.78, 5) is 23.1. The molecule has 128 valence electrons. The van der Waals surface area contributed by atoms with E-state index in [9.17, 15) is 9.59 Å². The van der Waals surface area contributed by atoms with Crippen LogP contribution in [0.5, 0.6) is 5.75 Å². The van der Waals surface area contributed by atoms with Crippen molar-refractivity contribution in [1.29, 1.82) is 0 Å². The van der Waals surface area contributed by atoms with Crippen LogP contribution in [0.25, 0.3) is 0 Å². The Kier molecular flexibility index (Phi) is 8.98. The van der Waals surface area contributed by atoms with Crippen molar-refractivity contribution >= 4 is 34.5 Å². The third-order valence-corrected chi connectivity index (χ3v) is 3.80. The molecule has 0 atom stereocenters. The first-order valence-corrected chi connectivity index (χ1v) is 8.64. The molecule has 1 aromatic carbocycles. The van der Waals surface area contributed by atoms with Crippen molar-refractivity contribution in [3.8, 4) is 5.75 Å². The number of esters is 2. The quantitative estimate of drug-likeness (QED) is 0.438. The average molecular weight is 434 g/mol. The number of ether oxygens (including phenoxy) is 3. The van der Waals surface area contributed by atoms with E-state index in [1.54, 1.807) is 7.11 Å². The number of carbonyl (C=O) groups is 2. The highest BCUT2D eigenvalue weighted by atomic mass is 127. The number of halogens is 1. The van der Waals surface area contributed by atoms with Crippen LogP contribution >= 0.6 is 22.6 Å². The van der Waals surface area contributed by atoms with E-state index in [0.29, 0.717) is 18.9 Å². The Morgan fingerprint density at radius 1 is 1.13 bits per heavy atom. The van der Waals surface area contributed by atoms with Gasteiger partial charge in [-0.25, -0.2) is 0 Å². The molecule has 1 aromatic rings. The van der Waals surface area contributed by atoms with Gasteiger partial charge in [0, 0.05) is 12.8 Å². The summed E-state index contributed by atoms with van der Waals surface area (Å²) in [6.07, 6.45) is 0.891. The Balaban J connectivity index is 2.24. The monoisotopic (exact) mass is 434 g/mol. The minimum absolute atomic E-state index is 0.212. The van der Waals surface area contributed by atoms with Crippen LogP contribution in [0.1, 0.15) is 38.7 Å². The molecule has 0 N–H and O–H groups in total. The molecular formula is C17H23IO5. The van der Waals surface area contributed by atoms with Crippen LogP contribution in [0.15, 0.2) is 18.2 Å². The van der Waals surface area contributed by atoms with Gasteiger partial charge in [0.25, 0.3) is 0 Å². The molecule has 6 heteroatoms. The summed E-state index contributed by atoms with van der Waals surface area (Å²) in [6.45, 7) is 4.59. The van der Waals surface area contributed by atoms with E-state index in [0.717, 1.165) is 14.9 Å². The van der Waals surface area contributed by atoms with E-state index >= 15 is 0 Å². The molecule has 0 fully saturated rings. The molecule has 0 radical (unpaired) electrons. The molecule has 0 saturated heterocycles. The smallest absolute Gasteiger partial charge is 0.306 e. The van der Waals surface area contributed by atoms with Crippen LogP contribution in [0, 0.1) is 9.49 Å². The van der Waals surface area contributed by atoms with Crippen molar-refractivity contribution in [1.82, 2.24) is 0 Å². The van der Waals surface area contributed by atoms with Gasteiger partial charge in [0.1, 0.15) is 12.4 Å². The predicted molar refractivity (Wildman–Crippen MR) is 95.2 cm³/mol. The van der Waals surface area contributed by atoms with Gasteiger partial charge in [-0.2, -0.15) is 0 Å². The highest BCUT2D eigenvalue weighted by Gasteiger charge is 2.09. The molecule has 0 unspecified atom stereocenters. The standard InChI is InChI=1S/C17H23IO5/c1-12(2)10-22-16(19)5-4-6-17(20)23-11-13-7-8-15(21-3)14(18)9-13/h7-9,12H,4-6,10-11H2,1-3H3. The first kappa shape index (κ1) is 19.7. The van der Waals surface area contributed by atoms with E-state index < -0.39 is 0 Å². The van der Waals surface area contributed by atoms with Crippen molar-refractivity contribution in [3.05, 3.63) is 27.3 Å². The van der Waals surface area contributed by atoms with Crippen LogP contribution in [0.2, 0.25) is 0 Å². The minimum atomic E-state index is -0.313. The Labute approximate surface area is 150 Å². The van der Waals surface area contributed by atoms with Gasteiger partial charge in [0.2, 0.25) is 0 Å². The van der Waals surface area contributed by atoms with Gasteiger partial charge in [0.05, 0.1) is 17.3 Å². The zero-order valence-electron chi connectivity index (χ0n) is 13.8. The first-order chi connectivity index (χ1) is 10.9. The third-order valence-electron chi connectivity index (χ3n) is 2.96. The van der Waals surface area contributed by atoms with Crippen molar-refractivity contribution < 1.29 is 23.8 Å². The number of benzene rings is 1. The second kappa shape index (κ2) is 10.5. The third kappa shape index (κ3) is 8.20. The molecule has 0 spiro atoms. The summed E-state index contributed by atoms with van der Waals surface area (Å²) in [7, 11) is 1.61. The van der Waals surface area contributed by atoms with Gasteiger partial charge in [-0.1, -0.05) is 19.9 Å². The van der Waals surface area contributed by atoms with Gasteiger partial charge < -0.3 is 14.2 Å². The molecule has 0 aliphatic rings. The van der Waals surface area contributed by atoms with Gasteiger partial charge in [-0.3, -0.25) is 9.59 Å². The highest BCUT2D eigenvalue weighted by Crippen LogP contribution is 2.22. The van der Waals surface area contributed by atoms with Crippen LogP contribution in [-0.4, -0.2) is 25.7 Å². The maximum atomic E-state index is 11.7. The molecule has 5 nitrogen and oxygen atoms in total. The predicted octanol–water partition coefficient (Wildman–Crippen LogP) is 3.71. The van der Waals surface area contributed by atoms with Crippen molar-refractivity contribution in [2.24, 2.45) is 5.92 Å². The number of rotatable bonds is 9. The fourth-order valence-corrected chi connectivity index (χ4v) is 2.54. The maximum absolute atomic E-state index is 11.7. The molecule has 0 aliphatic heterocycles. The van der Waals surface area contributed by atoms with Gasteiger partial charge in [-0.15, -0.1) is 0 Å². The van der Waals surface area contributed by atoms with E-state index in [2.05, 4.69) is 22.6 Å². The summed E-state index contributed by atoms with van der Waals surface area (Å²) in [5, 5.41) is 0. The number of hydrogen-bond acceptors (Lipinski definition) is 5. The van der Waals surface area contributed by atoms with Crippen LogP contribution in [-0.2, 0) is 25.7 Å². The van der Waals surface area contributed by atoms with E-state index in [4.69, 9.17) is 14.2 Å². The Morgan fingerprint density at radius 2 is 1.78 bits per heavy atom. The van der Waals surface area contributed by atoms with Crippen molar-refractivity contribution in [2.75, 3.05) is 13.7 Å². The Hall–Kier alpha value is -1.31. The first-order valence-electron chi connectivity index (χ1n) is 7.56. The lowest BCUT2D eigenvalue weighted by Crippen LogP contribution is -2.11. The fourth-order valence-electron chi connectivity index (χ4n) is 1.74. The normalized spacial score (nSPS) is 10.5. The summed E-state index contributed by atoms with van der Waals surface area (Å²) < 4.78 is 16.4. The molecule has 0 saturated carbocycles. The fraction of sp³-hybridized carbons (Fsp3) is 0.529. The van der Waals surface area contributed by atoms with E-state index in [1.807, 2.05) is 32.0 Å².